The van der Waals surface area contributed by atoms with Gasteiger partial charge >= 0.3 is 17.9 Å². The van der Waals surface area contributed by atoms with E-state index in [1.807, 2.05) is 0 Å². The normalized spacial score (nSPS) is 13.3. The Kier molecular flexibility index (Phi) is 60.0. The SMILES string of the molecule is CC/C=C\C/C=C\C/C=C\C/C=C\C/C=C\C/C=C\C/C=C\C/C=C\C/C=C\CCCC(=O)OCC(COC(=O)CCCCCCCCCCCC)OC(=O)CCCCCCC/C=C\C/C=C\C/C=C\C/C=C\C/C=C\CC. The Balaban J connectivity index is 4.45. The molecule has 0 aromatic carbocycles. The molecule has 0 amide bonds. The molecule has 0 N–H and O–H groups in total. The van der Waals surface area contributed by atoms with E-state index in [1.165, 1.54) is 44.9 Å². The number of hydrogen-bond donors (Lipinski definition) is 0. The Morgan fingerprint density at radius 1 is 0.269 bits per heavy atom. The van der Waals surface area contributed by atoms with E-state index in [0.717, 1.165) is 154 Å². The minimum atomic E-state index is -0.820. The first-order valence-electron chi connectivity index (χ1n) is 31.1. The molecule has 0 rings (SSSR count). The summed E-state index contributed by atoms with van der Waals surface area (Å²) < 4.78 is 16.8. The third-order valence-corrected chi connectivity index (χ3v) is 12.5. The Morgan fingerprint density at radius 2 is 0.513 bits per heavy atom. The van der Waals surface area contributed by atoms with Gasteiger partial charge in [0, 0.05) is 19.3 Å². The Hall–Kier alpha value is -5.23. The van der Waals surface area contributed by atoms with Gasteiger partial charge < -0.3 is 14.2 Å². The first-order chi connectivity index (χ1) is 38.5. The van der Waals surface area contributed by atoms with Crippen molar-refractivity contribution in [3.63, 3.8) is 0 Å². The Bertz CT molecular complexity index is 1810. The maximum Gasteiger partial charge on any atom is 0.306 e. The van der Waals surface area contributed by atoms with E-state index < -0.39 is 6.10 Å². The smallest absolute Gasteiger partial charge is 0.306 e. The number of unbranched alkanes of at least 4 members (excludes halogenated alkanes) is 15. The van der Waals surface area contributed by atoms with Crippen molar-refractivity contribution in [1.82, 2.24) is 0 Å². The molecule has 0 aliphatic heterocycles. The van der Waals surface area contributed by atoms with E-state index in [9.17, 15) is 14.4 Å². The highest BCUT2D eigenvalue weighted by Crippen LogP contribution is 2.14. The highest BCUT2D eigenvalue weighted by molar-refractivity contribution is 5.71. The van der Waals surface area contributed by atoms with Gasteiger partial charge in [0.2, 0.25) is 0 Å². The number of carbonyl (C=O) groups excluding carboxylic acids is 3. The minimum absolute atomic E-state index is 0.110. The van der Waals surface area contributed by atoms with E-state index in [4.69, 9.17) is 14.2 Å². The summed E-state index contributed by atoms with van der Waals surface area (Å²) in [6.07, 6.45) is 95.0. The van der Waals surface area contributed by atoms with Crippen LogP contribution in [0.4, 0.5) is 0 Å². The molecule has 78 heavy (non-hydrogen) atoms. The van der Waals surface area contributed by atoms with Crippen molar-refractivity contribution in [2.45, 2.75) is 252 Å². The molecule has 436 valence electrons. The third kappa shape index (κ3) is 61.6. The van der Waals surface area contributed by atoms with Crippen LogP contribution >= 0.6 is 0 Å². The van der Waals surface area contributed by atoms with Crippen molar-refractivity contribution < 1.29 is 28.6 Å². The summed E-state index contributed by atoms with van der Waals surface area (Å²) in [5.74, 6) is -1.00. The van der Waals surface area contributed by atoms with Crippen molar-refractivity contribution in [2.24, 2.45) is 0 Å². The maximum atomic E-state index is 12.9. The second kappa shape index (κ2) is 64.3. The van der Waals surface area contributed by atoms with Crippen LogP contribution in [0, 0.1) is 0 Å². The molecule has 0 aliphatic carbocycles. The van der Waals surface area contributed by atoms with Gasteiger partial charge in [-0.2, -0.15) is 0 Å². The monoisotopic (exact) mass is 1070 g/mol. The van der Waals surface area contributed by atoms with Crippen LogP contribution in [-0.4, -0.2) is 37.2 Å². The maximum absolute atomic E-state index is 12.9. The molecule has 6 heteroatoms. The quantitative estimate of drug-likeness (QED) is 0.0261. The van der Waals surface area contributed by atoms with Gasteiger partial charge in [0.05, 0.1) is 0 Å². The molecule has 0 saturated heterocycles. The molecule has 0 heterocycles. The third-order valence-electron chi connectivity index (χ3n) is 12.5. The second-order valence-corrected chi connectivity index (χ2v) is 19.9. The number of carbonyl (C=O) groups is 3. The summed E-state index contributed by atoms with van der Waals surface area (Å²) in [5.41, 5.74) is 0. The summed E-state index contributed by atoms with van der Waals surface area (Å²) in [6, 6.07) is 0. The van der Waals surface area contributed by atoms with Gasteiger partial charge in [0.15, 0.2) is 6.10 Å². The number of allylic oxidation sites excluding steroid dienone is 28. The lowest BCUT2D eigenvalue weighted by Gasteiger charge is -2.18. The van der Waals surface area contributed by atoms with Crippen LogP contribution in [0.5, 0.6) is 0 Å². The average Bonchev–Trinajstić information content (AvgIpc) is 3.44. The van der Waals surface area contributed by atoms with E-state index in [1.54, 1.807) is 0 Å². The molecule has 0 aromatic rings. The summed E-state index contributed by atoms with van der Waals surface area (Å²) in [5, 5.41) is 0. The fraction of sp³-hybridized carbons (Fsp3) is 0.569. The van der Waals surface area contributed by atoms with Gasteiger partial charge in [0.25, 0.3) is 0 Å². The average molecular weight is 1070 g/mol. The van der Waals surface area contributed by atoms with Crippen LogP contribution < -0.4 is 0 Å². The van der Waals surface area contributed by atoms with Crippen LogP contribution in [0.3, 0.4) is 0 Å². The molecule has 0 aromatic heterocycles. The van der Waals surface area contributed by atoms with E-state index in [0.29, 0.717) is 12.8 Å². The van der Waals surface area contributed by atoms with Crippen LogP contribution in [0.15, 0.2) is 170 Å². The van der Waals surface area contributed by atoms with E-state index >= 15 is 0 Å². The number of ether oxygens (including phenoxy) is 3. The zero-order valence-electron chi connectivity index (χ0n) is 49.9. The lowest BCUT2D eigenvalue weighted by Crippen LogP contribution is -2.30. The van der Waals surface area contributed by atoms with Crippen molar-refractivity contribution in [3.05, 3.63) is 170 Å². The summed E-state index contributed by atoms with van der Waals surface area (Å²) in [6.45, 7) is 6.32. The molecule has 0 bridgehead atoms. The molecular formula is C72H112O6. The lowest BCUT2D eigenvalue weighted by molar-refractivity contribution is -0.167. The van der Waals surface area contributed by atoms with Crippen molar-refractivity contribution in [3.8, 4) is 0 Å². The highest BCUT2D eigenvalue weighted by Gasteiger charge is 2.19. The fourth-order valence-electron chi connectivity index (χ4n) is 7.88. The summed E-state index contributed by atoms with van der Waals surface area (Å²) >= 11 is 0. The molecule has 0 radical (unpaired) electrons. The van der Waals surface area contributed by atoms with E-state index in [2.05, 4.69) is 191 Å². The molecular weight excluding hydrogens is 961 g/mol. The topological polar surface area (TPSA) is 78.9 Å². The molecule has 0 aliphatic rings. The summed E-state index contributed by atoms with van der Waals surface area (Å²) in [4.78, 5) is 38.2. The zero-order chi connectivity index (χ0) is 56.4. The Morgan fingerprint density at radius 3 is 0.833 bits per heavy atom. The molecule has 0 fully saturated rings. The number of hydrogen-bond acceptors (Lipinski definition) is 6. The van der Waals surface area contributed by atoms with Gasteiger partial charge in [-0.05, 0) is 128 Å². The van der Waals surface area contributed by atoms with Crippen LogP contribution in [0.2, 0.25) is 0 Å². The van der Waals surface area contributed by atoms with Gasteiger partial charge in [0.1, 0.15) is 13.2 Å². The first-order valence-corrected chi connectivity index (χ1v) is 31.1. The zero-order valence-corrected chi connectivity index (χ0v) is 49.9. The van der Waals surface area contributed by atoms with Crippen molar-refractivity contribution >= 4 is 17.9 Å². The lowest BCUT2D eigenvalue weighted by atomic mass is 10.1. The largest absolute Gasteiger partial charge is 0.462 e. The van der Waals surface area contributed by atoms with Gasteiger partial charge in [-0.1, -0.05) is 268 Å². The van der Waals surface area contributed by atoms with Crippen molar-refractivity contribution in [2.75, 3.05) is 13.2 Å². The second-order valence-electron chi connectivity index (χ2n) is 19.9. The Labute approximate surface area is 479 Å². The van der Waals surface area contributed by atoms with Gasteiger partial charge in [-0.3, -0.25) is 14.4 Å². The molecule has 0 saturated carbocycles. The van der Waals surface area contributed by atoms with Crippen LogP contribution in [-0.2, 0) is 28.6 Å². The van der Waals surface area contributed by atoms with Crippen molar-refractivity contribution in [1.29, 1.82) is 0 Å². The van der Waals surface area contributed by atoms with Crippen LogP contribution in [0.1, 0.15) is 245 Å². The molecule has 1 unspecified atom stereocenters. The fourth-order valence-corrected chi connectivity index (χ4v) is 7.88. The first kappa shape index (κ1) is 72.8. The minimum Gasteiger partial charge on any atom is -0.462 e. The predicted octanol–water partition coefficient (Wildman–Crippen LogP) is 21.5. The molecule has 1 atom stereocenters. The summed E-state index contributed by atoms with van der Waals surface area (Å²) in [7, 11) is 0. The van der Waals surface area contributed by atoms with E-state index in [-0.39, 0.29) is 44.0 Å². The standard InChI is InChI=1S/C72H112O6/c1-4-7-10-13-16-19-22-24-26-28-30-32-33-34-35-36-37-38-39-41-42-44-46-48-50-53-56-59-62-65-71(74)77-68-69(67-76-70(73)64-61-58-55-52-21-18-15-12-9-6-3)78-72(75)66-63-60-57-54-51-49-47-45-43-40-31-29-27-25-23-20-17-14-11-8-5-2/h7-8,10-11,16-17,19-20,24-27,30-32,34-35,37-38,40-42,45-48,53,56,69H,4-6,9,12-15,18,21-23,28-29,33,36,39,43-44,49-52,54-55,57-68H2,1-3H3/b10-7-,11-8-,19-16-,20-17-,26-24-,27-25-,32-30-,35-34-,38-37-,40-31-,42-41-,47-45-,48-46-,56-53-. The van der Waals surface area contributed by atoms with Gasteiger partial charge in [-0.25, -0.2) is 0 Å². The number of esters is 3. The predicted molar refractivity (Wildman–Crippen MR) is 338 cm³/mol. The van der Waals surface area contributed by atoms with Crippen LogP contribution in [0.25, 0.3) is 0 Å². The highest BCUT2D eigenvalue weighted by atomic mass is 16.6. The number of rotatable bonds is 54. The van der Waals surface area contributed by atoms with Gasteiger partial charge in [-0.15, -0.1) is 0 Å². The molecule has 6 nitrogen and oxygen atoms in total. The molecule has 0 spiro atoms.